The third kappa shape index (κ3) is 5.36. The molecule has 0 aliphatic rings. The molecule has 25 heavy (non-hydrogen) atoms. The van der Waals surface area contributed by atoms with Gasteiger partial charge in [0, 0.05) is 11.1 Å². The van der Waals surface area contributed by atoms with Crippen LogP contribution in [0.1, 0.15) is 28.4 Å². The molecule has 0 spiro atoms. The second-order valence-electron chi connectivity index (χ2n) is 5.22. The summed E-state index contributed by atoms with van der Waals surface area (Å²) < 4.78 is 5.11. The summed E-state index contributed by atoms with van der Waals surface area (Å²) in [5, 5.41) is 0.396. The van der Waals surface area contributed by atoms with Crippen LogP contribution >= 0.6 is 11.6 Å². The molecule has 2 aromatic rings. The molecule has 0 atom stereocenters. The molecule has 0 aromatic heterocycles. The molecular formula is C19H19ClN2O3. The summed E-state index contributed by atoms with van der Waals surface area (Å²) in [5.41, 5.74) is 7.00. The van der Waals surface area contributed by atoms with Crippen LogP contribution < -0.4 is 15.6 Å². The van der Waals surface area contributed by atoms with Crippen molar-refractivity contribution in [3.63, 3.8) is 0 Å². The molecular weight excluding hydrogens is 340 g/mol. The summed E-state index contributed by atoms with van der Waals surface area (Å²) in [5.74, 6) is -0.606. The van der Waals surface area contributed by atoms with E-state index in [1.165, 1.54) is 24.8 Å². The zero-order valence-electron chi connectivity index (χ0n) is 14.0. The largest absolute Gasteiger partial charge is 0.496 e. The van der Waals surface area contributed by atoms with E-state index in [-0.39, 0.29) is 5.56 Å². The molecule has 0 heterocycles. The van der Waals surface area contributed by atoms with Crippen LogP contribution in [0.3, 0.4) is 0 Å². The summed E-state index contributed by atoms with van der Waals surface area (Å²) in [6.07, 6.45) is 3.97. The Morgan fingerprint density at radius 1 is 1.12 bits per heavy atom. The van der Waals surface area contributed by atoms with Crippen molar-refractivity contribution in [2.24, 2.45) is 0 Å². The monoisotopic (exact) mass is 358 g/mol. The number of hydrogen-bond donors (Lipinski definition) is 2. The zero-order valence-corrected chi connectivity index (χ0v) is 14.8. The molecule has 0 saturated heterocycles. The molecule has 2 N–H and O–H groups in total. The lowest BCUT2D eigenvalue weighted by atomic mass is 10.1. The van der Waals surface area contributed by atoms with Crippen LogP contribution in [0.15, 0.2) is 48.5 Å². The van der Waals surface area contributed by atoms with Crippen molar-refractivity contribution in [2.45, 2.75) is 13.3 Å². The number of carbonyl (C=O) groups is 2. The van der Waals surface area contributed by atoms with Crippen molar-refractivity contribution in [2.75, 3.05) is 7.11 Å². The van der Waals surface area contributed by atoms with Gasteiger partial charge in [-0.2, -0.15) is 0 Å². The van der Waals surface area contributed by atoms with Crippen LogP contribution in [0.5, 0.6) is 5.75 Å². The van der Waals surface area contributed by atoms with Gasteiger partial charge in [-0.05, 0) is 41.8 Å². The van der Waals surface area contributed by atoms with Crippen LogP contribution in [0.2, 0.25) is 5.02 Å². The zero-order chi connectivity index (χ0) is 18.2. The van der Waals surface area contributed by atoms with Crippen molar-refractivity contribution in [1.29, 1.82) is 0 Å². The van der Waals surface area contributed by atoms with Gasteiger partial charge in [-0.1, -0.05) is 42.8 Å². The fraction of sp³-hybridized carbons (Fsp3) is 0.158. The van der Waals surface area contributed by atoms with Gasteiger partial charge in [0.1, 0.15) is 5.75 Å². The summed E-state index contributed by atoms with van der Waals surface area (Å²) in [7, 11) is 1.45. The van der Waals surface area contributed by atoms with Crippen molar-refractivity contribution < 1.29 is 14.3 Å². The number of hydrazine groups is 1. The van der Waals surface area contributed by atoms with E-state index in [2.05, 4.69) is 17.8 Å². The first-order valence-electron chi connectivity index (χ1n) is 7.74. The summed E-state index contributed by atoms with van der Waals surface area (Å²) in [6, 6.07) is 12.5. The third-order valence-corrected chi connectivity index (χ3v) is 3.76. The van der Waals surface area contributed by atoms with Gasteiger partial charge in [-0.25, -0.2) is 0 Å². The van der Waals surface area contributed by atoms with E-state index in [9.17, 15) is 9.59 Å². The highest BCUT2D eigenvalue weighted by Gasteiger charge is 2.13. The average Bonchev–Trinajstić information content (AvgIpc) is 2.64. The molecule has 0 aliphatic carbocycles. The fourth-order valence-electron chi connectivity index (χ4n) is 2.12. The molecule has 2 rings (SSSR count). The highest BCUT2D eigenvalue weighted by molar-refractivity contribution is 6.31. The molecule has 0 aliphatic heterocycles. The lowest BCUT2D eigenvalue weighted by molar-refractivity contribution is -0.117. The van der Waals surface area contributed by atoms with Crippen molar-refractivity contribution in [3.8, 4) is 5.75 Å². The number of rotatable bonds is 5. The van der Waals surface area contributed by atoms with E-state index < -0.39 is 11.8 Å². The van der Waals surface area contributed by atoms with Crippen LogP contribution in [-0.2, 0) is 11.2 Å². The van der Waals surface area contributed by atoms with Crippen molar-refractivity contribution in [1.82, 2.24) is 10.9 Å². The molecule has 0 unspecified atom stereocenters. The first-order chi connectivity index (χ1) is 12.0. The normalized spacial score (nSPS) is 10.5. The first kappa shape index (κ1) is 18.5. The van der Waals surface area contributed by atoms with E-state index in [0.717, 1.165) is 12.0 Å². The number of methoxy groups -OCH3 is 1. The summed E-state index contributed by atoms with van der Waals surface area (Å²) in [6.45, 7) is 2.08. The molecule has 0 radical (unpaired) electrons. The molecule has 130 valence electrons. The van der Waals surface area contributed by atoms with Gasteiger partial charge < -0.3 is 4.74 Å². The maximum atomic E-state index is 12.1. The number of amides is 2. The number of hydrogen-bond acceptors (Lipinski definition) is 3. The Hall–Kier alpha value is -2.79. The highest BCUT2D eigenvalue weighted by atomic mass is 35.5. The van der Waals surface area contributed by atoms with Gasteiger partial charge in [0.2, 0.25) is 0 Å². The van der Waals surface area contributed by atoms with Gasteiger partial charge in [0.15, 0.2) is 0 Å². The third-order valence-electron chi connectivity index (χ3n) is 3.52. The molecule has 0 fully saturated rings. The van der Waals surface area contributed by atoms with Crippen molar-refractivity contribution >= 4 is 29.5 Å². The van der Waals surface area contributed by atoms with Gasteiger partial charge >= 0.3 is 0 Å². The highest BCUT2D eigenvalue weighted by Crippen LogP contribution is 2.22. The Bertz CT molecular complexity index is 786. The van der Waals surface area contributed by atoms with Crippen LogP contribution in [0.4, 0.5) is 0 Å². The van der Waals surface area contributed by atoms with E-state index >= 15 is 0 Å². The number of benzene rings is 2. The van der Waals surface area contributed by atoms with E-state index in [1.54, 1.807) is 18.2 Å². The Labute approximate surface area is 151 Å². The van der Waals surface area contributed by atoms with E-state index in [4.69, 9.17) is 16.3 Å². The van der Waals surface area contributed by atoms with Crippen molar-refractivity contribution in [3.05, 3.63) is 70.3 Å². The number of aryl methyl sites for hydroxylation is 1. The van der Waals surface area contributed by atoms with Crippen LogP contribution in [0, 0.1) is 0 Å². The maximum Gasteiger partial charge on any atom is 0.273 e. The van der Waals surface area contributed by atoms with Crippen LogP contribution in [-0.4, -0.2) is 18.9 Å². The summed E-state index contributed by atoms with van der Waals surface area (Å²) >= 11 is 5.89. The van der Waals surface area contributed by atoms with E-state index in [0.29, 0.717) is 10.8 Å². The molecule has 2 aromatic carbocycles. The number of halogens is 1. The molecule has 0 saturated carbocycles. The second-order valence-corrected chi connectivity index (χ2v) is 5.65. The molecule has 6 heteroatoms. The van der Waals surface area contributed by atoms with Gasteiger partial charge in [-0.15, -0.1) is 0 Å². The maximum absolute atomic E-state index is 12.1. The topological polar surface area (TPSA) is 67.4 Å². The lowest BCUT2D eigenvalue weighted by Crippen LogP contribution is -2.40. The van der Waals surface area contributed by atoms with Crippen LogP contribution in [0.25, 0.3) is 6.08 Å². The second kappa shape index (κ2) is 8.89. The first-order valence-corrected chi connectivity index (χ1v) is 8.12. The Morgan fingerprint density at radius 2 is 1.84 bits per heavy atom. The van der Waals surface area contributed by atoms with Gasteiger partial charge in [-0.3, -0.25) is 20.4 Å². The minimum atomic E-state index is -0.520. The Balaban J connectivity index is 1.94. The summed E-state index contributed by atoms with van der Waals surface area (Å²) in [4.78, 5) is 24.0. The number of ether oxygens (including phenoxy) is 1. The smallest absolute Gasteiger partial charge is 0.273 e. The standard InChI is InChI=1S/C19H19ClN2O3/c1-3-13-4-6-14(7-5-13)8-11-18(23)21-22-19(24)16-12-15(20)9-10-17(16)25-2/h4-12H,3H2,1-2H3,(H,21,23)(H,22,24)/b11-8+. The predicted molar refractivity (Wildman–Crippen MR) is 98.5 cm³/mol. The molecule has 0 bridgehead atoms. The SMILES string of the molecule is CCc1ccc(/C=C/C(=O)NNC(=O)c2cc(Cl)ccc2OC)cc1. The minimum Gasteiger partial charge on any atom is -0.496 e. The Morgan fingerprint density at radius 3 is 2.48 bits per heavy atom. The number of carbonyl (C=O) groups excluding carboxylic acids is 2. The van der Waals surface area contributed by atoms with Gasteiger partial charge in [0.25, 0.3) is 11.8 Å². The predicted octanol–water partition coefficient (Wildman–Crippen LogP) is 3.39. The quantitative estimate of drug-likeness (QED) is 0.636. The number of nitrogens with one attached hydrogen (secondary N) is 2. The molecule has 2 amide bonds. The average molecular weight is 359 g/mol. The molecule has 5 nitrogen and oxygen atoms in total. The van der Waals surface area contributed by atoms with Gasteiger partial charge in [0.05, 0.1) is 12.7 Å². The fourth-order valence-corrected chi connectivity index (χ4v) is 2.29. The Kier molecular flexibility index (Phi) is 6.60. The minimum absolute atomic E-state index is 0.231. The lowest BCUT2D eigenvalue weighted by Gasteiger charge is -2.09. The van der Waals surface area contributed by atoms with E-state index in [1.807, 2.05) is 24.3 Å².